The molecule has 0 aromatic carbocycles. The molecule has 3 nitrogen and oxygen atoms in total. The molecule has 14 heavy (non-hydrogen) atoms. The molecule has 0 radical (unpaired) electrons. The second-order valence-corrected chi connectivity index (χ2v) is 4.63. The van der Waals surface area contributed by atoms with Crippen molar-refractivity contribution in [3.8, 4) is 0 Å². The first kappa shape index (κ1) is 12.0. The quantitative estimate of drug-likeness (QED) is 0.304. The Labute approximate surface area is 90.4 Å². The van der Waals surface area contributed by atoms with Gasteiger partial charge in [-0.3, -0.25) is 11.3 Å². The summed E-state index contributed by atoms with van der Waals surface area (Å²) in [6.45, 7) is 4.56. The van der Waals surface area contributed by atoms with Crippen LogP contribution in [-0.2, 0) is 4.74 Å². The highest BCUT2D eigenvalue weighted by atomic mass is 32.2. The van der Waals surface area contributed by atoms with Crippen LogP contribution in [0.2, 0.25) is 0 Å². The van der Waals surface area contributed by atoms with Crippen LogP contribution >= 0.6 is 11.8 Å². The van der Waals surface area contributed by atoms with Gasteiger partial charge >= 0.3 is 0 Å². The number of allylic oxidation sites excluding steroid dienone is 1. The van der Waals surface area contributed by atoms with Crippen molar-refractivity contribution in [1.29, 1.82) is 0 Å². The molecule has 1 fully saturated rings. The highest BCUT2D eigenvalue weighted by Gasteiger charge is 2.23. The third-order valence-corrected chi connectivity index (χ3v) is 3.45. The molecule has 1 aliphatic rings. The summed E-state index contributed by atoms with van der Waals surface area (Å²) < 4.78 is 5.67. The van der Waals surface area contributed by atoms with Crippen LogP contribution in [0.25, 0.3) is 0 Å². The van der Waals surface area contributed by atoms with Crippen LogP contribution in [-0.4, -0.2) is 30.3 Å². The van der Waals surface area contributed by atoms with E-state index < -0.39 is 0 Å². The molecule has 0 saturated carbocycles. The molecule has 3 N–H and O–H groups in total. The van der Waals surface area contributed by atoms with E-state index in [1.807, 2.05) is 17.8 Å². The Kier molecular flexibility index (Phi) is 6.27. The minimum atomic E-state index is 0.281. The fraction of sp³-hybridized carbons (Fsp3) is 0.800. The SMILES string of the molecule is C=CCCCC(NN)C1CSCCO1. The first-order valence-corrected chi connectivity index (χ1v) is 6.30. The molecule has 1 aliphatic heterocycles. The molecule has 0 bridgehead atoms. The van der Waals surface area contributed by atoms with Gasteiger partial charge in [0.05, 0.1) is 12.7 Å². The van der Waals surface area contributed by atoms with Crippen molar-refractivity contribution in [3.05, 3.63) is 12.7 Å². The van der Waals surface area contributed by atoms with Crippen LogP contribution in [0.5, 0.6) is 0 Å². The normalized spacial score (nSPS) is 24.5. The van der Waals surface area contributed by atoms with Gasteiger partial charge in [0.1, 0.15) is 0 Å². The maximum atomic E-state index is 5.67. The molecule has 0 amide bonds. The molecular weight excluding hydrogens is 196 g/mol. The minimum Gasteiger partial charge on any atom is -0.375 e. The summed E-state index contributed by atoms with van der Waals surface area (Å²) in [6, 6.07) is 0.294. The van der Waals surface area contributed by atoms with Crippen molar-refractivity contribution in [2.24, 2.45) is 5.84 Å². The summed E-state index contributed by atoms with van der Waals surface area (Å²) in [7, 11) is 0. The first-order chi connectivity index (χ1) is 6.88. The van der Waals surface area contributed by atoms with Crippen LogP contribution in [0.1, 0.15) is 19.3 Å². The van der Waals surface area contributed by atoms with Crippen molar-refractivity contribution in [2.75, 3.05) is 18.1 Å². The van der Waals surface area contributed by atoms with Crippen molar-refractivity contribution in [1.82, 2.24) is 5.43 Å². The summed E-state index contributed by atoms with van der Waals surface area (Å²) in [5, 5.41) is 0. The lowest BCUT2D eigenvalue weighted by Gasteiger charge is -2.29. The van der Waals surface area contributed by atoms with E-state index in [1.165, 1.54) is 0 Å². The highest BCUT2D eigenvalue weighted by molar-refractivity contribution is 7.99. The van der Waals surface area contributed by atoms with Gasteiger partial charge in [0, 0.05) is 17.5 Å². The number of nitrogens with one attached hydrogen (secondary N) is 1. The molecule has 0 aliphatic carbocycles. The van der Waals surface area contributed by atoms with Crippen LogP contribution in [0.15, 0.2) is 12.7 Å². The molecule has 0 spiro atoms. The number of hydrogen-bond acceptors (Lipinski definition) is 4. The Morgan fingerprint density at radius 3 is 3.14 bits per heavy atom. The fourth-order valence-electron chi connectivity index (χ4n) is 1.60. The Morgan fingerprint density at radius 2 is 2.57 bits per heavy atom. The number of unbranched alkanes of at least 4 members (excludes halogenated alkanes) is 1. The monoisotopic (exact) mass is 216 g/mol. The predicted molar refractivity (Wildman–Crippen MR) is 62.2 cm³/mol. The Hall–Kier alpha value is -0.0300. The molecule has 2 unspecified atom stereocenters. The zero-order valence-corrected chi connectivity index (χ0v) is 9.39. The topological polar surface area (TPSA) is 47.3 Å². The van der Waals surface area contributed by atoms with Gasteiger partial charge in [-0.25, -0.2) is 0 Å². The summed E-state index contributed by atoms with van der Waals surface area (Å²) in [5.41, 5.74) is 2.86. The zero-order chi connectivity index (χ0) is 10.2. The largest absolute Gasteiger partial charge is 0.375 e. The number of ether oxygens (including phenoxy) is 1. The first-order valence-electron chi connectivity index (χ1n) is 5.15. The summed E-state index contributed by atoms with van der Waals surface area (Å²) >= 11 is 1.95. The van der Waals surface area contributed by atoms with Crippen LogP contribution < -0.4 is 11.3 Å². The summed E-state index contributed by atoms with van der Waals surface area (Å²) in [6.07, 6.45) is 5.47. The minimum absolute atomic E-state index is 0.281. The molecular formula is C10H20N2OS. The van der Waals surface area contributed by atoms with Crippen molar-refractivity contribution in [2.45, 2.75) is 31.4 Å². The van der Waals surface area contributed by atoms with E-state index in [2.05, 4.69) is 12.0 Å². The number of thioether (sulfide) groups is 1. The number of hydrazine groups is 1. The lowest BCUT2D eigenvalue weighted by Crippen LogP contribution is -2.47. The van der Waals surface area contributed by atoms with E-state index in [-0.39, 0.29) is 6.10 Å². The molecule has 82 valence electrons. The summed E-state index contributed by atoms with van der Waals surface area (Å²) in [4.78, 5) is 0. The maximum Gasteiger partial charge on any atom is 0.0832 e. The Balaban J connectivity index is 2.24. The standard InChI is InChI=1S/C10H20N2OS/c1-2-3-4-5-9(12-11)10-8-14-7-6-13-10/h2,9-10,12H,1,3-8,11H2. The second-order valence-electron chi connectivity index (χ2n) is 3.48. The van der Waals surface area contributed by atoms with Crippen molar-refractivity contribution < 1.29 is 4.74 Å². The number of hydrogen-bond donors (Lipinski definition) is 2. The summed E-state index contributed by atoms with van der Waals surface area (Å²) in [5.74, 6) is 7.69. The Bertz CT molecular complexity index is 160. The van der Waals surface area contributed by atoms with Crippen LogP contribution in [0, 0.1) is 0 Å². The van der Waals surface area contributed by atoms with Gasteiger partial charge in [-0.1, -0.05) is 6.08 Å². The molecule has 0 aromatic rings. The molecule has 1 saturated heterocycles. The average molecular weight is 216 g/mol. The van der Waals surface area contributed by atoms with Gasteiger partial charge in [-0.15, -0.1) is 6.58 Å². The van der Waals surface area contributed by atoms with E-state index in [9.17, 15) is 0 Å². The van der Waals surface area contributed by atoms with E-state index in [4.69, 9.17) is 10.6 Å². The van der Waals surface area contributed by atoms with Gasteiger partial charge in [0.2, 0.25) is 0 Å². The maximum absolute atomic E-state index is 5.67. The van der Waals surface area contributed by atoms with Gasteiger partial charge in [-0.2, -0.15) is 11.8 Å². The average Bonchev–Trinajstić information content (AvgIpc) is 2.26. The van der Waals surface area contributed by atoms with Gasteiger partial charge in [-0.05, 0) is 19.3 Å². The third-order valence-electron chi connectivity index (χ3n) is 2.43. The van der Waals surface area contributed by atoms with E-state index in [0.717, 1.165) is 37.4 Å². The van der Waals surface area contributed by atoms with Crippen LogP contribution in [0.4, 0.5) is 0 Å². The van der Waals surface area contributed by atoms with E-state index in [1.54, 1.807) is 0 Å². The highest BCUT2D eigenvalue weighted by Crippen LogP contribution is 2.18. The Morgan fingerprint density at radius 1 is 1.71 bits per heavy atom. The van der Waals surface area contributed by atoms with E-state index >= 15 is 0 Å². The molecule has 1 rings (SSSR count). The number of rotatable bonds is 6. The van der Waals surface area contributed by atoms with Crippen molar-refractivity contribution in [3.63, 3.8) is 0 Å². The molecule has 2 atom stereocenters. The molecule has 1 heterocycles. The lowest BCUT2D eigenvalue weighted by molar-refractivity contribution is 0.0443. The third kappa shape index (κ3) is 4.00. The van der Waals surface area contributed by atoms with Crippen LogP contribution in [0.3, 0.4) is 0 Å². The second kappa shape index (κ2) is 7.29. The predicted octanol–water partition coefficient (Wildman–Crippen LogP) is 1.31. The smallest absolute Gasteiger partial charge is 0.0832 e. The van der Waals surface area contributed by atoms with Gasteiger partial charge < -0.3 is 4.74 Å². The van der Waals surface area contributed by atoms with Crippen molar-refractivity contribution >= 4 is 11.8 Å². The zero-order valence-electron chi connectivity index (χ0n) is 8.58. The fourth-order valence-corrected chi connectivity index (χ4v) is 2.54. The van der Waals surface area contributed by atoms with Gasteiger partial charge in [0.25, 0.3) is 0 Å². The van der Waals surface area contributed by atoms with Gasteiger partial charge in [0.15, 0.2) is 0 Å². The lowest BCUT2D eigenvalue weighted by atomic mass is 10.1. The van der Waals surface area contributed by atoms with E-state index in [0.29, 0.717) is 6.04 Å². The molecule has 4 heteroatoms. The molecule has 0 aromatic heterocycles. The number of nitrogens with two attached hydrogens (primary N) is 1.